The van der Waals surface area contributed by atoms with Crippen molar-refractivity contribution in [1.29, 1.82) is 0 Å². The Balaban J connectivity index is 1.68. The first-order valence-electron chi connectivity index (χ1n) is 8.85. The molecule has 2 aromatic carbocycles. The van der Waals surface area contributed by atoms with Gasteiger partial charge in [-0.1, -0.05) is 6.07 Å². The molecule has 1 aliphatic heterocycles. The summed E-state index contributed by atoms with van der Waals surface area (Å²) in [7, 11) is 0. The van der Waals surface area contributed by atoms with Crippen molar-refractivity contribution < 1.29 is 9.34 Å². The van der Waals surface area contributed by atoms with Crippen LogP contribution in [0.4, 0.5) is 5.69 Å². The Labute approximate surface area is 155 Å². The second-order valence-corrected chi connectivity index (χ2v) is 6.64. The standard InChI is InChI=1S/C20H19N3O4/c24-18-12-19(15-2-4-16(5-3-15)23(25)26)27-20-11-14(1-6-17(18)20)13-22-9-7-21-8-10-22/h1-6,11-12,21H,7-10,13H2. The lowest BCUT2D eigenvalue weighted by atomic mass is 10.1. The first kappa shape index (κ1) is 17.4. The maximum atomic E-state index is 12.5. The fourth-order valence-corrected chi connectivity index (χ4v) is 3.31. The number of piperazine rings is 1. The Bertz CT molecular complexity index is 1040. The Morgan fingerprint density at radius 1 is 1.07 bits per heavy atom. The predicted molar refractivity (Wildman–Crippen MR) is 103 cm³/mol. The number of rotatable bonds is 4. The maximum absolute atomic E-state index is 12.5. The van der Waals surface area contributed by atoms with Crippen molar-refractivity contribution in [3.8, 4) is 11.3 Å². The zero-order chi connectivity index (χ0) is 18.8. The molecule has 3 aromatic rings. The quantitative estimate of drug-likeness (QED) is 0.565. The molecule has 0 saturated carbocycles. The molecule has 7 nitrogen and oxygen atoms in total. The van der Waals surface area contributed by atoms with E-state index in [1.54, 1.807) is 18.2 Å². The Kier molecular flexibility index (Phi) is 4.70. The van der Waals surface area contributed by atoms with Gasteiger partial charge in [-0.25, -0.2) is 0 Å². The fourth-order valence-electron chi connectivity index (χ4n) is 3.31. The molecule has 4 rings (SSSR count). The lowest BCUT2D eigenvalue weighted by Gasteiger charge is -2.27. The van der Waals surface area contributed by atoms with Gasteiger partial charge in [-0.2, -0.15) is 0 Å². The third-order valence-corrected chi connectivity index (χ3v) is 4.77. The highest BCUT2D eigenvalue weighted by molar-refractivity contribution is 5.79. The molecule has 1 N–H and O–H groups in total. The van der Waals surface area contributed by atoms with Crippen LogP contribution in [0.1, 0.15) is 5.56 Å². The second kappa shape index (κ2) is 7.30. The number of nitrogens with one attached hydrogen (secondary N) is 1. The molecule has 138 valence electrons. The molecule has 1 fully saturated rings. The summed E-state index contributed by atoms with van der Waals surface area (Å²) < 4.78 is 5.96. The molecule has 1 aliphatic rings. The van der Waals surface area contributed by atoms with E-state index in [0.717, 1.165) is 38.3 Å². The highest BCUT2D eigenvalue weighted by atomic mass is 16.6. The number of hydrogen-bond donors (Lipinski definition) is 1. The minimum Gasteiger partial charge on any atom is -0.456 e. The molecule has 0 bridgehead atoms. The first-order chi connectivity index (χ1) is 13.1. The third kappa shape index (κ3) is 3.74. The van der Waals surface area contributed by atoms with E-state index in [0.29, 0.717) is 22.3 Å². The van der Waals surface area contributed by atoms with Gasteiger partial charge in [-0.05, 0) is 29.8 Å². The van der Waals surface area contributed by atoms with Crippen LogP contribution in [0.25, 0.3) is 22.3 Å². The van der Waals surface area contributed by atoms with E-state index in [1.165, 1.54) is 18.2 Å². The van der Waals surface area contributed by atoms with Crippen molar-refractivity contribution in [3.05, 3.63) is 74.4 Å². The number of hydrogen-bond acceptors (Lipinski definition) is 6. The maximum Gasteiger partial charge on any atom is 0.269 e. The number of nitro groups is 1. The van der Waals surface area contributed by atoms with Gasteiger partial charge in [0.1, 0.15) is 11.3 Å². The van der Waals surface area contributed by atoms with Gasteiger partial charge in [0, 0.05) is 56.5 Å². The average molecular weight is 365 g/mol. The summed E-state index contributed by atoms with van der Waals surface area (Å²) in [6, 6.07) is 13.1. The van der Waals surface area contributed by atoms with Crippen LogP contribution >= 0.6 is 0 Å². The van der Waals surface area contributed by atoms with Gasteiger partial charge in [-0.3, -0.25) is 19.8 Å². The summed E-state index contributed by atoms with van der Waals surface area (Å²) >= 11 is 0. The molecule has 0 aliphatic carbocycles. The van der Waals surface area contributed by atoms with Crippen LogP contribution in [-0.4, -0.2) is 36.0 Å². The highest BCUT2D eigenvalue weighted by Gasteiger charge is 2.13. The third-order valence-electron chi connectivity index (χ3n) is 4.77. The zero-order valence-corrected chi connectivity index (χ0v) is 14.7. The van der Waals surface area contributed by atoms with E-state index in [-0.39, 0.29) is 11.1 Å². The monoisotopic (exact) mass is 365 g/mol. The molecule has 7 heteroatoms. The van der Waals surface area contributed by atoms with Gasteiger partial charge in [0.05, 0.1) is 10.3 Å². The summed E-state index contributed by atoms with van der Waals surface area (Å²) in [4.78, 5) is 25.2. The van der Waals surface area contributed by atoms with Crippen LogP contribution < -0.4 is 10.7 Å². The van der Waals surface area contributed by atoms with Gasteiger partial charge in [0.15, 0.2) is 5.43 Å². The number of benzene rings is 2. The fraction of sp³-hybridized carbons (Fsp3) is 0.250. The van der Waals surface area contributed by atoms with Crippen LogP contribution in [-0.2, 0) is 6.54 Å². The summed E-state index contributed by atoms with van der Waals surface area (Å²) in [5, 5.41) is 14.7. The Morgan fingerprint density at radius 3 is 2.52 bits per heavy atom. The molecular weight excluding hydrogens is 346 g/mol. The van der Waals surface area contributed by atoms with E-state index >= 15 is 0 Å². The molecular formula is C20H19N3O4. The van der Waals surface area contributed by atoms with E-state index < -0.39 is 4.92 Å². The number of non-ortho nitro benzene ring substituents is 1. The van der Waals surface area contributed by atoms with Gasteiger partial charge < -0.3 is 9.73 Å². The van der Waals surface area contributed by atoms with Crippen molar-refractivity contribution in [2.45, 2.75) is 6.54 Å². The lowest BCUT2D eigenvalue weighted by Crippen LogP contribution is -2.42. The molecule has 1 aromatic heterocycles. The van der Waals surface area contributed by atoms with Crippen molar-refractivity contribution in [1.82, 2.24) is 10.2 Å². The van der Waals surface area contributed by atoms with Crippen LogP contribution in [0, 0.1) is 10.1 Å². The summed E-state index contributed by atoms with van der Waals surface area (Å²) in [5.41, 5.74) is 2.13. The number of nitrogens with zero attached hydrogens (tertiary/aromatic N) is 2. The smallest absolute Gasteiger partial charge is 0.269 e. The average Bonchev–Trinajstić information content (AvgIpc) is 2.68. The highest BCUT2D eigenvalue weighted by Crippen LogP contribution is 2.25. The first-order valence-corrected chi connectivity index (χ1v) is 8.85. The van der Waals surface area contributed by atoms with Crippen LogP contribution in [0.3, 0.4) is 0 Å². The van der Waals surface area contributed by atoms with Crippen molar-refractivity contribution in [2.75, 3.05) is 26.2 Å². The van der Waals surface area contributed by atoms with Gasteiger partial charge >= 0.3 is 0 Å². The molecule has 0 amide bonds. The van der Waals surface area contributed by atoms with Crippen molar-refractivity contribution in [2.24, 2.45) is 0 Å². The molecule has 2 heterocycles. The molecule has 0 spiro atoms. The summed E-state index contributed by atoms with van der Waals surface area (Å²) in [6.45, 7) is 4.75. The SMILES string of the molecule is O=c1cc(-c2ccc([N+](=O)[O-])cc2)oc2cc(CN3CCNCC3)ccc12. The molecule has 0 atom stereocenters. The zero-order valence-electron chi connectivity index (χ0n) is 14.7. The number of nitro benzene ring substituents is 1. The van der Waals surface area contributed by atoms with E-state index in [1.807, 2.05) is 12.1 Å². The van der Waals surface area contributed by atoms with Crippen LogP contribution in [0.2, 0.25) is 0 Å². The molecule has 27 heavy (non-hydrogen) atoms. The predicted octanol–water partition coefficient (Wildman–Crippen LogP) is 2.77. The summed E-state index contributed by atoms with van der Waals surface area (Å²) in [6.07, 6.45) is 0. The van der Waals surface area contributed by atoms with Crippen molar-refractivity contribution in [3.63, 3.8) is 0 Å². The van der Waals surface area contributed by atoms with E-state index in [2.05, 4.69) is 10.2 Å². The van der Waals surface area contributed by atoms with Gasteiger partial charge in [0.25, 0.3) is 5.69 Å². The Morgan fingerprint density at radius 2 is 1.81 bits per heavy atom. The molecule has 0 unspecified atom stereocenters. The minimum atomic E-state index is -0.456. The minimum absolute atomic E-state index is 0.000179. The second-order valence-electron chi connectivity index (χ2n) is 6.64. The van der Waals surface area contributed by atoms with Crippen LogP contribution in [0.15, 0.2) is 57.7 Å². The molecule has 0 radical (unpaired) electrons. The topological polar surface area (TPSA) is 88.6 Å². The molecule has 1 saturated heterocycles. The van der Waals surface area contributed by atoms with E-state index in [9.17, 15) is 14.9 Å². The largest absolute Gasteiger partial charge is 0.456 e. The van der Waals surface area contributed by atoms with E-state index in [4.69, 9.17) is 4.42 Å². The normalized spacial score (nSPS) is 15.1. The lowest BCUT2D eigenvalue weighted by molar-refractivity contribution is -0.384. The van der Waals surface area contributed by atoms with Gasteiger partial charge in [0.2, 0.25) is 0 Å². The Hall–Kier alpha value is -3.03. The summed E-state index contributed by atoms with van der Waals surface area (Å²) in [5.74, 6) is 0.404. The number of fused-ring (bicyclic) bond motifs is 1. The van der Waals surface area contributed by atoms with Gasteiger partial charge in [-0.15, -0.1) is 0 Å². The van der Waals surface area contributed by atoms with Crippen molar-refractivity contribution >= 4 is 16.7 Å². The van der Waals surface area contributed by atoms with Crippen LogP contribution in [0.5, 0.6) is 0 Å².